The Labute approximate surface area is 172 Å². The average Bonchev–Trinajstić information content (AvgIpc) is 2.75. The highest BCUT2D eigenvalue weighted by molar-refractivity contribution is 5.95. The summed E-state index contributed by atoms with van der Waals surface area (Å²) in [4.78, 5) is 26.7. The van der Waals surface area contributed by atoms with E-state index in [1.807, 2.05) is 0 Å². The van der Waals surface area contributed by atoms with E-state index in [1.165, 1.54) is 13.5 Å². The van der Waals surface area contributed by atoms with E-state index >= 15 is 0 Å². The van der Waals surface area contributed by atoms with Gasteiger partial charge in [-0.05, 0) is 36.5 Å². The van der Waals surface area contributed by atoms with Gasteiger partial charge in [-0.25, -0.2) is 0 Å². The highest BCUT2D eigenvalue weighted by Gasteiger charge is 2.28. The van der Waals surface area contributed by atoms with Gasteiger partial charge in [0.25, 0.3) is 11.8 Å². The van der Waals surface area contributed by atoms with E-state index in [-0.39, 0.29) is 24.5 Å². The number of hydrogen-bond donors (Lipinski definition) is 1. The van der Waals surface area contributed by atoms with Crippen molar-refractivity contribution in [3.05, 3.63) is 23.8 Å². The first-order valence-corrected chi connectivity index (χ1v) is 10.5. The average molecular weight is 405 g/mol. The molecule has 0 radical (unpaired) electrons. The van der Waals surface area contributed by atoms with E-state index in [0.29, 0.717) is 55.2 Å². The van der Waals surface area contributed by atoms with Crippen LogP contribution in [0.1, 0.15) is 43.5 Å². The fraction of sp³-hybridized carbons (Fsp3) is 0.636. The Morgan fingerprint density at radius 3 is 2.66 bits per heavy atom. The Bertz CT molecular complexity index is 717. The molecule has 0 aromatic heterocycles. The van der Waals surface area contributed by atoms with Gasteiger partial charge >= 0.3 is 0 Å². The molecule has 0 bridgehead atoms. The Hall–Kier alpha value is -2.28. The SMILES string of the molecule is COc1cc(C(=O)N[C@H]2CCC[C@H](C)[C@@H]2C)ccc1OCC(=O)N1CCOCC1. The first-order valence-electron chi connectivity index (χ1n) is 10.5. The summed E-state index contributed by atoms with van der Waals surface area (Å²) in [5.74, 6) is 1.78. The summed E-state index contributed by atoms with van der Waals surface area (Å²) < 4.78 is 16.3. The minimum Gasteiger partial charge on any atom is -0.493 e. The van der Waals surface area contributed by atoms with Crippen LogP contribution in [0.5, 0.6) is 11.5 Å². The van der Waals surface area contributed by atoms with Crippen LogP contribution < -0.4 is 14.8 Å². The van der Waals surface area contributed by atoms with Gasteiger partial charge in [0, 0.05) is 24.7 Å². The van der Waals surface area contributed by atoms with Crippen molar-refractivity contribution in [2.45, 2.75) is 39.2 Å². The fourth-order valence-corrected chi connectivity index (χ4v) is 4.01. The van der Waals surface area contributed by atoms with Crippen molar-refractivity contribution in [1.82, 2.24) is 10.2 Å². The van der Waals surface area contributed by atoms with Gasteiger partial charge < -0.3 is 24.4 Å². The second-order valence-corrected chi connectivity index (χ2v) is 7.99. The first kappa shape index (κ1) is 21.4. The summed E-state index contributed by atoms with van der Waals surface area (Å²) in [7, 11) is 1.53. The van der Waals surface area contributed by atoms with Crippen molar-refractivity contribution in [3.8, 4) is 11.5 Å². The van der Waals surface area contributed by atoms with E-state index in [1.54, 1.807) is 23.1 Å². The smallest absolute Gasteiger partial charge is 0.260 e. The van der Waals surface area contributed by atoms with Crippen LogP contribution in [0.3, 0.4) is 0 Å². The van der Waals surface area contributed by atoms with Crippen molar-refractivity contribution >= 4 is 11.8 Å². The monoisotopic (exact) mass is 404 g/mol. The fourth-order valence-electron chi connectivity index (χ4n) is 4.01. The van der Waals surface area contributed by atoms with Crippen LogP contribution in [0, 0.1) is 11.8 Å². The number of ether oxygens (including phenoxy) is 3. The second kappa shape index (κ2) is 9.96. The topological polar surface area (TPSA) is 77.1 Å². The van der Waals surface area contributed by atoms with Gasteiger partial charge in [0.05, 0.1) is 20.3 Å². The Morgan fingerprint density at radius 2 is 1.93 bits per heavy atom. The molecule has 3 rings (SSSR count). The number of carbonyl (C=O) groups excluding carboxylic acids is 2. The van der Waals surface area contributed by atoms with Gasteiger partial charge in [-0.1, -0.05) is 26.7 Å². The lowest BCUT2D eigenvalue weighted by Gasteiger charge is -2.34. The van der Waals surface area contributed by atoms with Gasteiger partial charge in [0.1, 0.15) is 0 Å². The van der Waals surface area contributed by atoms with Gasteiger partial charge in [-0.3, -0.25) is 9.59 Å². The molecule has 2 amide bonds. The number of amides is 2. The van der Waals surface area contributed by atoms with Gasteiger partial charge in [-0.2, -0.15) is 0 Å². The predicted molar refractivity (Wildman–Crippen MR) is 109 cm³/mol. The van der Waals surface area contributed by atoms with Crippen molar-refractivity contribution in [2.24, 2.45) is 11.8 Å². The Balaban J connectivity index is 1.60. The van der Waals surface area contributed by atoms with Crippen molar-refractivity contribution < 1.29 is 23.8 Å². The molecular weight excluding hydrogens is 372 g/mol. The lowest BCUT2D eigenvalue weighted by atomic mass is 9.78. The number of rotatable bonds is 6. The minimum atomic E-state index is -0.106. The third-order valence-electron chi connectivity index (χ3n) is 6.16. The molecule has 1 N–H and O–H groups in total. The van der Waals surface area contributed by atoms with E-state index < -0.39 is 0 Å². The van der Waals surface area contributed by atoms with E-state index in [4.69, 9.17) is 14.2 Å². The van der Waals surface area contributed by atoms with Crippen molar-refractivity contribution in [2.75, 3.05) is 40.0 Å². The molecule has 1 saturated heterocycles. The lowest BCUT2D eigenvalue weighted by Crippen LogP contribution is -2.43. The quantitative estimate of drug-likeness (QED) is 0.788. The van der Waals surface area contributed by atoms with Crippen LogP contribution in [0.2, 0.25) is 0 Å². The van der Waals surface area contributed by atoms with Gasteiger partial charge in [-0.15, -0.1) is 0 Å². The molecule has 7 heteroatoms. The van der Waals surface area contributed by atoms with E-state index in [9.17, 15) is 9.59 Å². The molecule has 160 valence electrons. The normalized spacial score (nSPS) is 24.7. The van der Waals surface area contributed by atoms with Crippen molar-refractivity contribution in [3.63, 3.8) is 0 Å². The number of benzene rings is 1. The molecule has 0 unspecified atom stereocenters. The molecule has 3 atom stereocenters. The van der Waals surface area contributed by atoms with Crippen LogP contribution in [0.25, 0.3) is 0 Å². The number of methoxy groups -OCH3 is 1. The van der Waals surface area contributed by atoms with E-state index in [2.05, 4.69) is 19.2 Å². The summed E-state index contributed by atoms with van der Waals surface area (Å²) in [6, 6.07) is 5.26. The van der Waals surface area contributed by atoms with Crippen LogP contribution in [0.15, 0.2) is 18.2 Å². The summed E-state index contributed by atoms with van der Waals surface area (Å²) in [5, 5.41) is 3.17. The summed E-state index contributed by atoms with van der Waals surface area (Å²) in [6.07, 6.45) is 3.37. The zero-order valence-electron chi connectivity index (χ0n) is 17.6. The van der Waals surface area contributed by atoms with Gasteiger partial charge in [0.2, 0.25) is 0 Å². The first-order chi connectivity index (χ1) is 14.0. The summed E-state index contributed by atoms with van der Waals surface area (Å²) in [5.41, 5.74) is 0.527. The Morgan fingerprint density at radius 1 is 1.17 bits per heavy atom. The lowest BCUT2D eigenvalue weighted by molar-refractivity contribution is -0.137. The molecule has 29 heavy (non-hydrogen) atoms. The maximum atomic E-state index is 12.7. The molecule has 1 aromatic rings. The predicted octanol–water partition coefficient (Wildman–Crippen LogP) is 2.49. The zero-order chi connectivity index (χ0) is 20.8. The number of nitrogens with one attached hydrogen (secondary N) is 1. The number of morpholine rings is 1. The molecule has 7 nitrogen and oxygen atoms in total. The van der Waals surface area contributed by atoms with E-state index in [0.717, 1.165) is 12.8 Å². The zero-order valence-corrected chi connectivity index (χ0v) is 17.6. The third-order valence-corrected chi connectivity index (χ3v) is 6.16. The highest BCUT2D eigenvalue weighted by atomic mass is 16.5. The summed E-state index contributed by atoms with van der Waals surface area (Å²) in [6.45, 7) is 6.65. The number of nitrogens with zero attached hydrogens (tertiary/aromatic N) is 1. The maximum absolute atomic E-state index is 12.7. The Kier molecular flexibility index (Phi) is 7.36. The summed E-state index contributed by atoms with van der Waals surface area (Å²) >= 11 is 0. The molecule has 1 aromatic carbocycles. The molecular formula is C22H32N2O5. The van der Waals surface area contributed by atoms with Gasteiger partial charge in [0.15, 0.2) is 18.1 Å². The maximum Gasteiger partial charge on any atom is 0.260 e. The molecule has 1 heterocycles. The van der Waals surface area contributed by atoms with Crippen LogP contribution in [-0.4, -0.2) is 62.8 Å². The van der Waals surface area contributed by atoms with Crippen molar-refractivity contribution in [1.29, 1.82) is 0 Å². The van der Waals surface area contributed by atoms with Crippen LogP contribution >= 0.6 is 0 Å². The molecule has 1 aliphatic carbocycles. The highest BCUT2D eigenvalue weighted by Crippen LogP contribution is 2.31. The second-order valence-electron chi connectivity index (χ2n) is 7.99. The van der Waals surface area contributed by atoms with Crippen LogP contribution in [0.4, 0.5) is 0 Å². The number of hydrogen-bond acceptors (Lipinski definition) is 5. The molecule has 0 spiro atoms. The third kappa shape index (κ3) is 5.41. The largest absolute Gasteiger partial charge is 0.493 e. The minimum absolute atomic E-state index is 0.0701. The molecule has 1 aliphatic heterocycles. The number of carbonyl (C=O) groups is 2. The molecule has 2 fully saturated rings. The standard InChI is InChI=1S/C22H32N2O5/c1-15-5-4-6-18(16(15)2)23-22(26)17-7-8-19(20(13-17)27-3)29-14-21(25)24-9-11-28-12-10-24/h7-8,13,15-16,18H,4-6,9-12,14H2,1-3H3,(H,23,26)/t15-,16-,18-/m0/s1. The van der Waals surface area contributed by atoms with Crippen LogP contribution in [-0.2, 0) is 9.53 Å². The molecule has 1 saturated carbocycles. The molecule has 2 aliphatic rings.